The molecule has 128 valence electrons. The number of amides is 1. The molecule has 4 nitrogen and oxygen atoms in total. The van der Waals surface area contributed by atoms with Gasteiger partial charge in [0.25, 0.3) is 0 Å². The Balaban J connectivity index is 2.06. The lowest BCUT2D eigenvalue weighted by molar-refractivity contribution is -0.117. The van der Waals surface area contributed by atoms with Gasteiger partial charge in [-0.1, -0.05) is 41.4 Å². The van der Waals surface area contributed by atoms with Crippen LogP contribution in [-0.4, -0.2) is 19.1 Å². The number of anilines is 1. The number of carbonyl (C=O) groups excluding carboxylic acids is 1. The molecule has 0 radical (unpaired) electrons. The molecule has 0 fully saturated rings. The largest absolute Gasteiger partial charge is 0.496 e. The van der Waals surface area contributed by atoms with Crippen LogP contribution >= 0.6 is 11.6 Å². The second-order valence-electron chi connectivity index (χ2n) is 5.82. The van der Waals surface area contributed by atoms with Crippen molar-refractivity contribution in [2.75, 3.05) is 12.4 Å². The van der Waals surface area contributed by atoms with Gasteiger partial charge in [-0.3, -0.25) is 10.1 Å². The summed E-state index contributed by atoms with van der Waals surface area (Å²) in [5.74, 6) is 0.667. The van der Waals surface area contributed by atoms with Crippen LogP contribution in [0.3, 0.4) is 0 Å². The van der Waals surface area contributed by atoms with Crippen molar-refractivity contribution < 1.29 is 9.53 Å². The summed E-state index contributed by atoms with van der Waals surface area (Å²) in [6, 6.07) is 12.8. The number of methoxy groups -OCH3 is 1. The lowest BCUT2D eigenvalue weighted by Crippen LogP contribution is -2.39. The summed E-state index contributed by atoms with van der Waals surface area (Å²) < 4.78 is 5.42. The summed E-state index contributed by atoms with van der Waals surface area (Å²) in [6.45, 7) is 5.87. The van der Waals surface area contributed by atoms with Crippen LogP contribution in [0.2, 0.25) is 5.02 Å². The molecule has 24 heavy (non-hydrogen) atoms. The van der Waals surface area contributed by atoms with Crippen LogP contribution in [0.15, 0.2) is 42.5 Å². The van der Waals surface area contributed by atoms with E-state index in [9.17, 15) is 4.79 Å². The van der Waals surface area contributed by atoms with Crippen molar-refractivity contribution >= 4 is 23.2 Å². The van der Waals surface area contributed by atoms with Crippen LogP contribution in [0, 0.1) is 6.92 Å². The van der Waals surface area contributed by atoms with Crippen molar-refractivity contribution in [2.24, 2.45) is 0 Å². The summed E-state index contributed by atoms with van der Waals surface area (Å²) in [4.78, 5) is 12.4. The fourth-order valence-corrected chi connectivity index (χ4v) is 2.72. The first-order chi connectivity index (χ1) is 11.4. The lowest BCUT2D eigenvalue weighted by Gasteiger charge is -2.22. The molecular formula is C19H23ClN2O2. The van der Waals surface area contributed by atoms with Gasteiger partial charge in [0.05, 0.1) is 23.9 Å². The summed E-state index contributed by atoms with van der Waals surface area (Å²) in [6.07, 6.45) is 0. The molecule has 2 atom stereocenters. The number of para-hydroxylation sites is 1. The van der Waals surface area contributed by atoms with Gasteiger partial charge in [0.2, 0.25) is 5.91 Å². The van der Waals surface area contributed by atoms with E-state index in [-0.39, 0.29) is 18.0 Å². The molecule has 0 spiro atoms. The SMILES string of the molecule is COc1ccc(C)cc1C(C)NC(C)C(=O)Nc1ccccc1Cl. The van der Waals surface area contributed by atoms with Crippen molar-refractivity contribution in [2.45, 2.75) is 32.9 Å². The summed E-state index contributed by atoms with van der Waals surface area (Å²) in [5, 5.41) is 6.66. The lowest BCUT2D eigenvalue weighted by atomic mass is 10.0. The first kappa shape index (κ1) is 18.3. The summed E-state index contributed by atoms with van der Waals surface area (Å²) in [5.41, 5.74) is 2.78. The van der Waals surface area contributed by atoms with Crippen molar-refractivity contribution in [3.05, 3.63) is 58.6 Å². The number of hydrogen-bond acceptors (Lipinski definition) is 3. The Morgan fingerprint density at radius 2 is 1.88 bits per heavy atom. The Bertz CT molecular complexity index is 718. The van der Waals surface area contributed by atoms with Crippen LogP contribution in [0.4, 0.5) is 5.69 Å². The zero-order chi connectivity index (χ0) is 17.7. The number of halogens is 1. The minimum Gasteiger partial charge on any atom is -0.496 e. The first-order valence-electron chi connectivity index (χ1n) is 7.88. The maximum absolute atomic E-state index is 12.4. The van der Waals surface area contributed by atoms with Crippen LogP contribution in [-0.2, 0) is 4.79 Å². The second kappa shape index (κ2) is 8.18. The minimum absolute atomic E-state index is 0.0353. The van der Waals surface area contributed by atoms with Gasteiger partial charge in [-0.2, -0.15) is 0 Å². The maximum Gasteiger partial charge on any atom is 0.241 e. The number of nitrogens with one attached hydrogen (secondary N) is 2. The van der Waals surface area contributed by atoms with E-state index in [1.165, 1.54) is 0 Å². The Hall–Kier alpha value is -2.04. The Morgan fingerprint density at radius 3 is 2.54 bits per heavy atom. The zero-order valence-corrected chi connectivity index (χ0v) is 15.1. The third-order valence-corrected chi connectivity index (χ3v) is 4.21. The van der Waals surface area contributed by atoms with E-state index in [4.69, 9.17) is 16.3 Å². The van der Waals surface area contributed by atoms with Gasteiger partial charge >= 0.3 is 0 Å². The Labute approximate surface area is 148 Å². The van der Waals surface area contributed by atoms with Gasteiger partial charge in [0.1, 0.15) is 5.75 Å². The molecule has 0 aliphatic carbocycles. The molecule has 2 N–H and O–H groups in total. The molecule has 2 aromatic rings. The smallest absolute Gasteiger partial charge is 0.241 e. The van der Waals surface area contributed by atoms with E-state index < -0.39 is 0 Å². The number of benzene rings is 2. The molecule has 0 saturated carbocycles. The number of rotatable bonds is 6. The van der Waals surface area contributed by atoms with Gasteiger partial charge in [-0.15, -0.1) is 0 Å². The van der Waals surface area contributed by atoms with E-state index in [1.807, 2.05) is 45.0 Å². The number of carbonyl (C=O) groups is 1. The Kier molecular flexibility index (Phi) is 6.23. The van der Waals surface area contributed by atoms with E-state index in [0.29, 0.717) is 10.7 Å². The van der Waals surface area contributed by atoms with Gasteiger partial charge in [0, 0.05) is 11.6 Å². The van der Waals surface area contributed by atoms with Gasteiger partial charge in [-0.05, 0) is 39.0 Å². The molecule has 0 bridgehead atoms. The van der Waals surface area contributed by atoms with Crippen LogP contribution < -0.4 is 15.4 Å². The van der Waals surface area contributed by atoms with Gasteiger partial charge < -0.3 is 10.1 Å². The second-order valence-corrected chi connectivity index (χ2v) is 6.23. The molecule has 2 unspecified atom stereocenters. The highest BCUT2D eigenvalue weighted by molar-refractivity contribution is 6.33. The van der Waals surface area contributed by atoms with Crippen LogP contribution in [0.1, 0.15) is 31.0 Å². The normalized spacial score (nSPS) is 13.2. The average molecular weight is 347 g/mol. The quantitative estimate of drug-likeness (QED) is 0.818. The predicted molar refractivity (Wildman–Crippen MR) is 98.8 cm³/mol. The van der Waals surface area contributed by atoms with Crippen LogP contribution in [0.25, 0.3) is 0 Å². The zero-order valence-electron chi connectivity index (χ0n) is 14.4. The minimum atomic E-state index is -0.388. The third-order valence-electron chi connectivity index (χ3n) is 3.88. The fourth-order valence-electron chi connectivity index (χ4n) is 2.54. The first-order valence-corrected chi connectivity index (χ1v) is 8.26. The van der Waals surface area contributed by atoms with Crippen molar-refractivity contribution in [1.29, 1.82) is 0 Å². The molecule has 0 saturated heterocycles. The summed E-state index contributed by atoms with van der Waals surface area (Å²) in [7, 11) is 1.65. The highest BCUT2D eigenvalue weighted by atomic mass is 35.5. The standard InChI is InChI=1S/C19H23ClN2O2/c1-12-9-10-18(24-4)15(11-12)13(2)21-14(3)19(23)22-17-8-6-5-7-16(17)20/h5-11,13-14,21H,1-4H3,(H,22,23). The van der Waals surface area contributed by atoms with E-state index in [0.717, 1.165) is 16.9 Å². The van der Waals surface area contributed by atoms with Gasteiger partial charge in [0.15, 0.2) is 0 Å². The number of aryl methyl sites for hydroxylation is 1. The predicted octanol–water partition coefficient (Wildman–Crippen LogP) is 4.33. The van der Waals surface area contributed by atoms with E-state index in [2.05, 4.69) is 16.7 Å². The van der Waals surface area contributed by atoms with Crippen LogP contribution in [0.5, 0.6) is 5.75 Å². The maximum atomic E-state index is 12.4. The molecule has 0 heterocycles. The van der Waals surface area contributed by atoms with Gasteiger partial charge in [-0.25, -0.2) is 0 Å². The monoisotopic (exact) mass is 346 g/mol. The average Bonchev–Trinajstić information content (AvgIpc) is 2.56. The fraction of sp³-hybridized carbons (Fsp3) is 0.316. The molecule has 2 aromatic carbocycles. The molecule has 1 amide bonds. The number of hydrogen-bond donors (Lipinski definition) is 2. The highest BCUT2D eigenvalue weighted by Crippen LogP contribution is 2.26. The third kappa shape index (κ3) is 4.49. The highest BCUT2D eigenvalue weighted by Gasteiger charge is 2.19. The molecule has 0 aromatic heterocycles. The number of ether oxygens (including phenoxy) is 1. The molecule has 2 rings (SSSR count). The molecule has 0 aliphatic rings. The van der Waals surface area contributed by atoms with Crippen molar-refractivity contribution in [3.63, 3.8) is 0 Å². The molecule has 5 heteroatoms. The summed E-state index contributed by atoms with van der Waals surface area (Å²) >= 11 is 6.08. The topological polar surface area (TPSA) is 50.4 Å². The Morgan fingerprint density at radius 1 is 1.17 bits per heavy atom. The van der Waals surface area contributed by atoms with E-state index >= 15 is 0 Å². The van der Waals surface area contributed by atoms with Crippen molar-refractivity contribution in [3.8, 4) is 5.75 Å². The van der Waals surface area contributed by atoms with Crippen molar-refractivity contribution in [1.82, 2.24) is 5.32 Å². The van der Waals surface area contributed by atoms with E-state index in [1.54, 1.807) is 19.2 Å². The molecule has 0 aliphatic heterocycles. The molecular weight excluding hydrogens is 324 g/mol.